The molecule has 0 saturated carbocycles. The van der Waals surface area contributed by atoms with Crippen molar-refractivity contribution in [2.45, 2.75) is 13.0 Å². The summed E-state index contributed by atoms with van der Waals surface area (Å²) in [5.41, 5.74) is 0.125. The molecule has 1 unspecified atom stereocenters. The van der Waals surface area contributed by atoms with Gasteiger partial charge in [-0.15, -0.1) is 0 Å². The zero-order valence-corrected chi connectivity index (χ0v) is 13.4. The Morgan fingerprint density at radius 3 is 2.23 bits per heavy atom. The van der Waals surface area contributed by atoms with Crippen molar-refractivity contribution in [3.63, 3.8) is 0 Å². The van der Waals surface area contributed by atoms with Crippen molar-refractivity contribution in [1.82, 2.24) is 14.7 Å². The Morgan fingerprint density at radius 2 is 1.73 bits per heavy atom. The number of hydrogen-bond acceptors (Lipinski definition) is 3. The van der Waals surface area contributed by atoms with Gasteiger partial charge in [0.25, 0.3) is 0 Å². The first kappa shape index (κ1) is 16.8. The van der Waals surface area contributed by atoms with Gasteiger partial charge in [0.2, 0.25) is 5.91 Å². The fraction of sp³-hybridized carbons (Fsp3) is 0.562. The van der Waals surface area contributed by atoms with E-state index in [4.69, 9.17) is 0 Å². The minimum absolute atomic E-state index is 0.0710. The molecule has 1 atom stereocenters. The molecular weight excluding hydrogens is 288 g/mol. The fourth-order valence-electron chi connectivity index (χ4n) is 2.73. The van der Waals surface area contributed by atoms with Crippen molar-refractivity contribution < 1.29 is 13.6 Å². The van der Waals surface area contributed by atoms with E-state index in [1.807, 2.05) is 6.92 Å². The van der Waals surface area contributed by atoms with E-state index in [0.717, 1.165) is 13.1 Å². The standard InChI is InChI=1S/C16H23F2N3O/c1-12(16-13(17)5-4-6-14(16)18)21-9-7-20(8-10-21)11-15(22)19(2)3/h4-6,12H,7-11H2,1-3H3. The number of hydrogen-bond donors (Lipinski definition) is 0. The average molecular weight is 311 g/mol. The smallest absolute Gasteiger partial charge is 0.236 e. The summed E-state index contributed by atoms with van der Waals surface area (Å²) in [6.07, 6.45) is 0. The number of likely N-dealkylation sites (N-methyl/N-ethyl adjacent to an activating group) is 1. The van der Waals surface area contributed by atoms with Gasteiger partial charge in [-0.2, -0.15) is 0 Å². The van der Waals surface area contributed by atoms with Crippen LogP contribution in [0.4, 0.5) is 8.78 Å². The van der Waals surface area contributed by atoms with Gasteiger partial charge in [-0.1, -0.05) is 6.07 Å². The van der Waals surface area contributed by atoms with Gasteiger partial charge in [0.1, 0.15) is 11.6 Å². The number of carbonyl (C=O) groups excluding carboxylic acids is 1. The molecule has 0 aliphatic carbocycles. The molecule has 4 nitrogen and oxygen atoms in total. The highest BCUT2D eigenvalue weighted by Gasteiger charge is 2.26. The first-order valence-electron chi connectivity index (χ1n) is 7.50. The molecule has 0 spiro atoms. The van der Waals surface area contributed by atoms with Crippen LogP contribution in [-0.4, -0.2) is 67.4 Å². The number of amides is 1. The first-order chi connectivity index (χ1) is 10.4. The molecule has 22 heavy (non-hydrogen) atoms. The molecular formula is C16H23F2N3O. The second kappa shape index (κ2) is 7.15. The zero-order valence-electron chi connectivity index (χ0n) is 13.4. The van der Waals surface area contributed by atoms with Gasteiger partial charge in [0.05, 0.1) is 6.54 Å². The van der Waals surface area contributed by atoms with Crippen LogP contribution in [0.5, 0.6) is 0 Å². The summed E-state index contributed by atoms with van der Waals surface area (Å²) in [5.74, 6) is -0.933. The molecule has 0 bridgehead atoms. The van der Waals surface area contributed by atoms with Gasteiger partial charge < -0.3 is 4.90 Å². The third-order valence-corrected chi connectivity index (χ3v) is 4.23. The van der Waals surface area contributed by atoms with Gasteiger partial charge in [0, 0.05) is 51.9 Å². The van der Waals surface area contributed by atoms with Gasteiger partial charge in [0.15, 0.2) is 0 Å². The third kappa shape index (κ3) is 3.81. The molecule has 1 fully saturated rings. The van der Waals surface area contributed by atoms with Crippen molar-refractivity contribution in [2.24, 2.45) is 0 Å². The Balaban J connectivity index is 1.95. The van der Waals surface area contributed by atoms with Crippen LogP contribution in [0.2, 0.25) is 0 Å². The molecule has 1 aliphatic heterocycles. The van der Waals surface area contributed by atoms with Gasteiger partial charge in [-0.05, 0) is 19.1 Å². The highest BCUT2D eigenvalue weighted by molar-refractivity contribution is 5.77. The lowest BCUT2D eigenvalue weighted by molar-refractivity contribution is -0.130. The summed E-state index contributed by atoms with van der Waals surface area (Å²) in [5, 5.41) is 0. The summed E-state index contributed by atoms with van der Waals surface area (Å²) in [6, 6.07) is 3.65. The number of piperazine rings is 1. The van der Waals surface area contributed by atoms with E-state index in [1.165, 1.54) is 18.2 Å². The molecule has 2 rings (SSSR count). The second-order valence-corrected chi connectivity index (χ2v) is 5.91. The number of carbonyl (C=O) groups is 1. The lowest BCUT2D eigenvalue weighted by atomic mass is 10.0. The van der Waals surface area contributed by atoms with Crippen LogP contribution in [0.1, 0.15) is 18.5 Å². The number of benzene rings is 1. The molecule has 0 radical (unpaired) electrons. The summed E-state index contributed by atoms with van der Waals surface area (Å²) in [4.78, 5) is 17.4. The number of nitrogens with zero attached hydrogens (tertiary/aromatic N) is 3. The van der Waals surface area contributed by atoms with Crippen molar-refractivity contribution in [3.05, 3.63) is 35.4 Å². The Kier molecular flexibility index (Phi) is 5.47. The quantitative estimate of drug-likeness (QED) is 0.847. The van der Waals surface area contributed by atoms with Crippen LogP contribution < -0.4 is 0 Å². The van der Waals surface area contributed by atoms with E-state index in [2.05, 4.69) is 9.80 Å². The molecule has 1 saturated heterocycles. The average Bonchev–Trinajstić information content (AvgIpc) is 2.47. The highest BCUT2D eigenvalue weighted by Crippen LogP contribution is 2.26. The fourth-order valence-corrected chi connectivity index (χ4v) is 2.73. The van der Waals surface area contributed by atoms with E-state index in [9.17, 15) is 13.6 Å². The van der Waals surface area contributed by atoms with Crippen molar-refractivity contribution in [2.75, 3.05) is 46.8 Å². The maximum atomic E-state index is 13.9. The Hall–Kier alpha value is -1.53. The molecule has 1 heterocycles. The lowest BCUT2D eigenvalue weighted by Gasteiger charge is -2.38. The first-order valence-corrected chi connectivity index (χ1v) is 7.50. The van der Waals surface area contributed by atoms with E-state index in [1.54, 1.807) is 19.0 Å². The number of rotatable bonds is 4. The van der Waals surface area contributed by atoms with Gasteiger partial charge in [-0.25, -0.2) is 8.78 Å². The number of halogens is 2. The summed E-state index contributed by atoms with van der Waals surface area (Å²) in [6.45, 7) is 5.04. The molecule has 1 aromatic rings. The largest absolute Gasteiger partial charge is 0.348 e. The second-order valence-electron chi connectivity index (χ2n) is 5.91. The minimum Gasteiger partial charge on any atom is -0.348 e. The normalized spacial score (nSPS) is 18.2. The molecule has 1 aliphatic rings. The molecule has 1 aromatic carbocycles. The topological polar surface area (TPSA) is 26.8 Å². The minimum atomic E-state index is -0.502. The van der Waals surface area contributed by atoms with Crippen LogP contribution in [0.3, 0.4) is 0 Å². The monoisotopic (exact) mass is 311 g/mol. The molecule has 0 aromatic heterocycles. The predicted molar refractivity (Wildman–Crippen MR) is 81.5 cm³/mol. The molecule has 122 valence electrons. The third-order valence-electron chi connectivity index (χ3n) is 4.23. The maximum absolute atomic E-state index is 13.9. The SMILES string of the molecule is CC(c1c(F)cccc1F)N1CCN(CC(=O)N(C)C)CC1. The van der Waals surface area contributed by atoms with E-state index in [0.29, 0.717) is 19.6 Å². The van der Waals surface area contributed by atoms with Crippen LogP contribution in [-0.2, 0) is 4.79 Å². The lowest BCUT2D eigenvalue weighted by Crippen LogP contribution is -2.50. The maximum Gasteiger partial charge on any atom is 0.236 e. The van der Waals surface area contributed by atoms with Gasteiger partial charge >= 0.3 is 0 Å². The van der Waals surface area contributed by atoms with Crippen LogP contribution >= 0.6 is 0 Å². The van der Waals surface area contributed by atoms with Crippen molar-refractivity contribution in [1.29, 1.82) is 0 Å². The van der Waals surface area contributed by atoms with Gasteiger partial charge in [-0.3, -0.25) is 14.6 Å². The highest BCUT2D eigenvalue weighted by atomic mass is 19.1. The molecule has 1 amide bonds. The zero-order chi connectivity index (χ0) is 16.3. The Bertz CT molecular complexity index is 508. The van der Waals surface area contributed by atoms with Crippen LogP contribution in [0.25, 0.3) is 0 Å². The predicted octanol–water partition coefficient (Wildman–Crippen LogP) is 1.73. The Morgan fingerprint density at radius 1 is 1.18 bits per heavy atom. The Labute approximate surface area is 130 Å². The molecule has 6 heteroatoms. The van der Waals surface area contributed by atoms with Crippen LogP contribution in [0.15, 0.2) is 18.2 Å². The van der Waals surface area contributed by atoms with E-state index >= 15 is 0 Å². The summed E-state index contributed by atoms with van der Waals surface area (Å²) < 4.78 is 27.7. The summed E-state index contributed by atoms with van der Waals surface area (Å²) in [7, 11) is 3.48. The van der Waals surface area contributed by atoms with Crippen molar-refractivity contribution >= 4 is 5.91 Å². The molecule has 0 N–H and O–H groups in total. The van der Waals surface area contributed by atoms with Crippen LogP contribution in [0, 0.1) is 11.6 Å². The van der Waals surface area contributed by atoms with Crippen molar-refractivity contribution in [3.8, 4) is 0 Å². The van der Waals surface area contributed by atoms with E-state index < -0.39 is 11.6 Å². The van der Waals surface area contributed by atoms with E-state index in [-0.39, 0.29) is 17.5 Å². The summed E-state index contributed by atoms with van der Waals surface area (Å²) >= 11 is 0.